The van der Waals surface area contributed by atoms with Crippen LogP contribution in [0.15, 0.2) is 24.3 Å². The lowest BCUT2D eigenvalue weighted by atomic mass is 10.1. The van der Waals surface area contributed by atoms with E-state index in [9.17, 15) is 4.79 Å². The largest absolute Gasteiger partial charge is 0.380 e. The smallest absolute Gasteiger partial charge is 0.236 e. The van der Waals surface area contributed by atoms with Crippen molar-refractivity contribution in [1.29, 1.82) is 0 Å². The fourth-order valence-corrected chi connectivity index (χ4v) is 1.35. The molecule has 16 heavy (non-hydrogen) atoms. The van der Waals surface area contributed by atoms with Gasteiger partial charge >= 0.3 is 0 Å². The number of amides is 1. The minimum absolute atomic E-state index is 0.142. The third kappa shape index (κ3) is 4.00. The van der Waals surface area contributed by atoms with Crippen LogP contribution in [0.4, 0.5) is 0 Å². The summed E-state index contributed by atoms with van der Waals surface area (Å²) in [5.74, 6) is -0.142. The number of carbonyl (C=O) groups excluding carboxylic acids is 1. The topological polar surface area (TPSA) is 64.3 Å². The summed E-state index contributed by atoms with van der Waals surface area (Å²) >= 11 is 0. The van der Waals surface area contributed by atoms with Gasteiger partial charge in [0.1, 0.15) is 0 Å². The highest BCUT2D eigenvalue weighted by atomic mass is 16.5. The van der Waals surface area contributed by atoms with Gasteiger partial charge in [0.2, 0.25) is 5.91 Å². The van der Waals surface area contributed by atoms with Crippen LogP contribution in [0, 0.1) is 0 Å². The van der Waals surface area contributed by atoms with Crippen LogP contribution in [0.1, 0.15) is 18.1 Å². The Kier molecular flexibility index (Phi) is 4.95. The van der Waals surface area contributed by atoms with E-state index < -0.39 is 6.04 Å². The summed E-state index contributed by atoms with van der Waals surface area (Å²) in [7, 11) is 1.66. The summed E-state index contributed by atoms with van der Waals surface area (Å²) in [6.07, 6.45) is 0. The molecule has 1 rings (SSSR count). The zero-order chi connectivity index (χ0) is 12.0. The lowest BCUT2D eigenvalue weighted by molar-refractivity contribution is -0.122. The number of benzene rings is 1. The zero-order valence-corrected chi connectivity index (χ0v) is 9.69. The van der Waals surface area contributed by atoms with Crippen molar-refractivity contribution in [1.82, 2.24) is 5.32 Å². The third-order valence-corrected chi connectivity index (χ3v) is 2.18. The second kappa shape index (κ2) is 6.25. The van der Waals surface area contributed by atoms with Crippen molar-refractivity contribution < 1.29 is 9.53 Å². The molecule has 88 valence electrons. The maximum absolute atomic E-state index is 11.3. The van der Waals surface area contributed by atoms with Crippen molar-refractivity contribution in [3.8, 4) is 0 Å². The third-order valence-electron chi connectivity index (χ3n) is 2.18. The Morgan fingerprint density at radius 2 is 2.19 bits per heavy atom. The van der Waals surface area contributed by atoms with Gasteiger partial charge in [-0.1, -0.05) is 24.3 Å². The van der Waals surface area contributed by atoms with Crippen molar-refractivity contribution in [3.05, 3.63) is 35.4 Å². The SMILES string of the molecule is COCc1cccc(CNC(=O)[C@H](C)N)c1. The van der Waals surface area contributed by atoms with E-state index in [0.717, 1.165) is 11.1 Å². The van der Waals surface area contributed by atoms with Crippen LogP contribution < -0.4 is 11.1 Å². The van der Waals surface area contributed by atoms with Gasteiger partial charge in [0.05, 0.1) is 12.6 Å². The van der Waals surface area contributed by atoms with E-state index in [1.807, 2.05) is 24.3 Å². The summed E-state index contributed by atoms with van der Waals surface area (Å²) in [6.45, 7) is 2.74. The summed E-state index contributed by atoms with van der Waals surface area (Å²) in [6, 6.07) is 7.43. The number of ether oxygens (including phenoxy) is 1. The summed E-state index contributed by atoms with van der Waals surface area (Å²) in [5, 5.41) is 2.76. The van der Waals surface area contributed by atoms with Crippen LogP contribution in [0.2, 0.25) is 0 Å². The first-order valence-corrected chi connectivity index (χ1v) is 5.23. The molecule has 0 unspecified atom stereocenters. The van der Waals surface area contributed by atoms with Crippen molar-refractivity contribution in [2.24, 2.45) is 5.73 Å². The van der Waals surface area contributed by atoms with Crippen molar-refractivity contribution in [2.75, 3.05) is 7.11 Å². The number of hydrogen-bond donors (Lipinski definition) is 2. The van der Waals surface area contributed by atoms with E-state index in [1.165, 1.54) is 0 Å². The second-order valence-corrected chi connectivity index (χ2v) is 3.76. The van der Waals surface area contributed by atoms with Gasteiger partial charge in [-0.25, -0.2) is 0 Å². The summed E-state index contributed by atoms with van der Waals surface area (Å²) in [5.41, 5.74) is 7.58. The minimum atomic E-state index is -0.470. The molecule has 1 atom stereocenters. The highest BCUT2D eigenvalue weighted by Gasteiger charge is 2.06. The highest BCUT2D eigenvalue weighted by molar-refractivity contribution is 5.80. The van der Waals surface area contributed by atoms with Crippen LogP contribution in [-0.2, 0) is 22.7 Å². The monoisotopic (exact) mass is 222 g/mol. The first-order chi connectivity index (χ1) is 7.63. The Labute approximate surface area is 95.8 Å². The molecule has 1 aromatic carbocycles. The maximum atomic E-state index is 11.3. The van der Waals surface area contributed by atoms with E-state index in [1.54, 1.807) is 14.0 Å². The molecule has 0 aliphatic carbocycles. The average Bonchev–Trinajstić information content (AvgIpc) is 2.26. The number of rotatable bonds is 5. The molecule has 0 aromatic heterocycles. The first kappa shape index (κ1) is 12.7. The van der Waals surface area contributed by atoms with Gasteiger partial charge in [-0.15, -0.1) is 0 Å². The van der Waals surface area contributed by atoms with Crippen LogP contribution in [0.25, 0.3) is 0 Å². The van der Waals surface area contributed by atoms with Gasteiger partial charge in [-0.2, -0.15) is 0 Å². The second-order valence-electron chi connectivity index (χ2n) is 3.76. The van der Waals surface area contributed by atoms with Gasteiger partial charge in [-0.3, -0.25) is 4.79 Å². The lowest BCUT2D eigenvalue weighted by Gasteiger charge is -2.08. The molecule has 0 bridgehead atoms. The van der Waals surface area contributed by atoms with E-state index in [-0.39, 0.29) is 5.91 Å². The number of hydrogen-bond acceptors (Lipinski definition) is 3. The van der Waals surface area contributed by atoms with Crippen LogP contribution in [0.5, 0.6) is 0 Å². The van der Waals surface area contributed by atoms with E-state index >= 15 is 0 Å². The zero-order valence-electron chi connectivity index (χ0n) is 9.69. The quantitative estimate of drug-likeness (QED) is 0.774. The Hall–Kier alpha value is -1.39. The summed E-state index contributed by atoms with van der Waals surface area (Å²) in [4.78, 5) is 11.3. The predicted octanol–water partition coefficient (Wildman–Crippen LogP) is 0.796. The fourth-order valence-electron chi connectivity index (χ4n) is 1.35. The Balaban J connectivity index is 2.53. The molecule has 3 N–H and O–H groups in total. The van der Waals surface area contributed by atoms with Gasteiger partial charge in [0, 0.05) is 13.7 Å². The minimum Gasteiger partial charge on any atom is -0.380 e. The summed E-state index contributed by atoms with van der Waals surface area (Å²) < 4.78 is 5.04. The number of nitrogens with two attached hydrogens (primary N) is 1. The standard InChI is InChI=1S/C12H18N2O2/c1-9(13)12(15)14-7-10-4-3-5-11(6-10)8-16-2/h3-6,9H,7-8,13H2,1-2H3,(H,14,15)/t9-/m0/s1. The molecular formula is C12H18N2O2. The van der Waals surface area contributed by atoms with E-state index in [0.29, 0.717) is 13.2 Å². The molecule has 0 saturated heterocycles. The number of carbonyl (C=O) groups is 1. The number of nitrogens with one attached hydrogen (secondary N) is 1. The Morgan fingerprint density at radius 1 is 1.50 bits per heavy atom. The average molecular weight is 222 g/mol. The lowest BCUT2D eigenvalue weighted by Crippen LogP contribution is -2.37. The molecule has 0 radical (unpaired) electrons. The molecule has 0 aliphatic heterocycles. The van der Waals surface area contributed by atoms with Crippen molar-refractivity contribution in [3.63, 3.8) is 0 Å². The normalized spacial score (nSPS) is 12.2. The first-order valence-electron chi connectivity index (χ1n) is 5.23. The van der Waals surface area contributed by atoms with Gasteiger partial charge < -0.3 is 15.8 Å². The van der Waals surface area contributed by atoms with Crippen LogP contribution in [0.3, 0.4) is 0 Å². The molecule has 0 spiro atoms. The molecule has 0 fully saturated rings. The highest BCUT2D eigenvalue weighted by Crippen LogP contribution is 2.06. The molecule has 1 aromatic rings. The van der Waals surface area contributed by atoms with E-state index in [2.05, 4.69) is 5.32 Å². The molecule has 0 heterocycles. The number of methoxy groups -OCH3 is 1. The van der Waals surface area contributed by atoms with Gasteiger partial charge in [0.15, 0.2) is 0 Å². The molecule has 4 nitrogen and oxygen atoms in total. The van der Waals surface area contributed by atoms with Crippen molar-refractivity contribution in [2.45, 2.75) is 26.1 Å². The molecule has 1 amide bonds. The van der Waals surface area contributed by atoms with E-state index in [4.69, 9.17) is 10.5 Å². The Morgan fingerprint density at radius 3 is 2.81 bits per heavy atom. The molecule has 0 aliphatic rings. The Bertz CT molecular complexity index is 351. The molecular weight excluding hydrogens is 204 g/mol. The van der Waals surface area contributed by atoms with Crippen LogP contribution >= 0.6 is 0 Å². The predicted molar refractivity (Wildman–Crippen MR) is 62.7 cm³/mol. The van der Waals surface area contributed by atoms with Gasteiger partial charge in [0.25, 0.3) is 0 Å². The molecule has 0 saturated carbocycles. The van der Waals surface area contributed by atoms with Gasteiger partial charge in [-0.05, 0) is 18.1 Å². The van der Waals surface area contributed by atoms with Crippen molar-refractivity contribution >= 4 is 5.91 Å². The maximum Gasteiger partial charge on any atom is 0.236 e. The van der Waals surface area contributed by atoms with Crippen LogP contribution in [-0.4, -0.2) is 19.1 Å². The fraction of sp³-hybridized carbons (Fsp3) is 0.417. The molecule has 4 heteroatoms.